The molecule has 186 valence electrons. The fourth-order valence-corrected chi connectivity index (χ4v) is 4.60. The second-order valence-corrected chi connectivity index (χ2v) is 8.56. The zero-order chi connectivity index (χ0) is 25.3. The summed E-state index contributed by atoms with van der Waals surface area (Å²) in [4.78, 5) is 30.8. The van der Waals surface area contributed by atoms with Crippen molar-refractivity contribution in [3.63, 3.8) is 0 Å². The van der Waals surface area contributed by atoms with Crippen LogP contribution in [0, 0.1) is 0 Å². The van der Waals surface area contributed by atoms with E-state index >= 15 is 0 Å². The number of carbonyl (C=O) groups is 2. The molecule has 0 N–H and O–H groups in total. The van der Waals surface area contributed by atoms with Crippen molar-refractivity contribution in [2.45, 2.75) is 33.1 Å². The summed E-state index contributed by atoms with van der Waals surface area (Å²) >= 11 is 0. The molecule has 6 heteroatoms. The molecule has 36 heavy (non-hydrogen) atoms. The van der Waals surface area contributed by atoms with Crippen LogP contribution in [0.4, 0.5) is 0 Å². The Hall–Kier alpha value is -3.90. The lowest BCUT2D eigenvalue weighted by molar-refractivity contribution is -0.146. The van der Waals surface area contributed by atoms with Gasteiger partial charge in [0.2, 0.25) is 0 Å². The van der Waals surface area contributed by atoms with Crippen LogP contribution in [0.5, 0.6) is 0 Å². The molecule has 0 saturated carbocycles. The minimum absolute atomic E-state index is 0.210. The van der Waals surface area contributed by atoms with Gasteiger partial charge in [0.1, 0.15) is 11.9 Å². The molecule has 4 rings (SSSR count). The Bertz CT molecular complexity index is 1180. The minimum Gasteiger partial charge on any atom is -0.463 e. The van der Waals surface area contributed by atoms with E-state index in [1.54, 1.807) is 13.8 Å². The van der Waals surface area contributed by atoms with E-state index in [0.717, 1.165) is 16.7 Å². The zero-order valence-electron chi connectivity index (χ0n) is 20.8. The average molecular weight is 485 g/mol. The van der Waals surface area contributed by atoms with E-state index in [9.17, 15) is 9.59 Å². The first-order valence-electron chi connectivity index (χ1n) is 12.3. The molecule has 1 atom stereocenters. The maximum atomic E-state index is 13.4. The third kappa shape index (κ3) is 5.83. The summed E-state index contributed by atoms with van der Waals surface area (Å²) in [5.41, 5.74) is 3.73. The molecule has 1 unspecified atom stereocenters. The topological polar surface area (TPSA) is 59.1 Å². The number of carbonyl (C=O) groups excluding carboxylic acids is 2. The molecule has 0 radical (unpaired) electrons. The predicted molar refractivity (Wildman–Crippen MR) is 138 cm³/mol. The fourth-order valence-electron chi connectivity index (χ4n) is 4.60. The van der Waals surface area contributed by atoms with Gasteiger partial charge in [0.15, 0.2) is 0 Å². The first-order chi connectivity index (χ1) is 17.6. The molecular formula is C30H32N2O4. The van der Waals surface area contributed by atoms with E-state index in [-0.39, 0.29) is 31.6 Å². The molecule has 1 heterocycles. The number of hydrogen-bond donors (Lipinski definition) is 0. The van der Waals surface area contributed by atoms with Gasteiger partial charge in [0.05, 0.1) is 18.8 Å². The Morgan fingerprint density at radius 3 is 1.78 bits per heavy atom. The monoisotopic (exact) mass is 484 g/mol. The van der Waals surface area contributed by atoms with Crippen LogP contribution in [-0.2, 0) is 32.2 Å². The lowest BCUT2D eigenvalue weighted by Gasteiger charge is -2.46. The Balaban J connectivity index is 1.89. The van der Waals surface area contributed by atoms with Gasteiger partial charge in [-0.05, 0) is 30.5 Å². The molecule has 0 amide bonds. The molecular weight excluding hydrogens is 452 g/mol. The highest BCUT2D eigenvalue weighted by Crippen LogP contribution is 2.38. The van der Waals surface area contributed by atoms with Crippen molar-refractivity contribution in [1.29, 1.82) is 0 Å². The van der Waals surface area contributed by atoms with Gasteiger partial charge < -0.3 is 14.4 Å². The van der Waals surface area contributed by atoms with Crippen molar-refractivity contribution >= 4 is 11.9 Å². The quantitative estimate of drug-likeness (QED) is 0.395. The summed E-state index contributed by atoms with van der Waals surface area (Å²) in [6.45, 7) is 5.23. The summed E-state index contributed by atoms with van der Waals surface area (Å²) in [5, 5.41) is 0. The van der Waals surface area contributed by atoms with Crippen molar-refractivity contribution in [3.8, 4) is 0 Å². The SMILES string of the molecule is CCOC(=O)C1=C(C(=O)OCC)N(Cc2ccccc2)C(c2ccccc2)N(Cc2ccccc2)C1. The summed E-state index contributed by atoms with van der Waals surface area (Å²) in [6, 6.07) is 30.1. The Labute approximate surface area is 212 Å². The number of hydrogen-bond acceptors (Lipinski definition) is 6. The standard InChI is InChI=1S/C30H32N2O4/c1-3-35-29(33)26-22-31(20-23-14-8-5-9-15-23)28(25-18-12-7-13-19-25)32(27(26)30(34)36-4-2)21-24-16-10-6-11-17-24/h5-19,28H,3-4,20-22H2,1-2H3. The molecule has 1 aliphatic rings. The summed E-state index contributed by atoms with van der Waals surface area (Å²) in [5.74, 6) is -1.01. The molecule has 0 fully saturated rings. The molecule has 0 aromatic heterocycles. The van der Waals surface area contributed by atoms with Gasteiger partial charge in [-0.1, -0.05) is 91.0 Å². The summed E-state index contributed by atoms with van der Waals surface area (Å²) < 4.78 is 10.9. The Kier molecular flexibility index (Phi) is 8.53. The van der Waals surface area contributed by atoms with E-state index in [1.165, 1.54) is 0 Å². The first kappa shape index (κ1) is 25.2. The van der Waals surface area contributed by atoms with Gasteiger partial charge in [-0.3, -0.25) is 4.90 Å². The number of ether oxygens (including phenoxy) is 2. The lowest BCUT2D eigenvalue weighted by atomic mass is 9.99. The zero-order valence-corrected chi connectivity index (χ0v) is 20.8. The van der Waals surface area contributed by atoms with Crippen molar-refractivity contribution in [2.75, 3.05) is 19.8 Å². The Morgan fingerprint density at radius 1 is 0.722 bits per heavy atom. The third-order valence-corrected chi connectivity index (χ3v) is 6.09. The van der Waals surface area contributed by atoms with E-state index in [2.05, 4.69) is 29.2 Å². The highest BCUT2D eigenvalue weighted by molar-refractivity contribution is 6.00. The van der Waals surface area contributed by atoms with Crippen LogP contribution in [-0.4, -0.2) is 41.5 Å². The van der Waals surface area contributed by atoms with Gasteiger partial charge in [-0.25, -0.2) is 9.59 Å². The van der Waals surface area contributed by atoms with E-state index < -0.39 is 11.9 Å². The predicted octanol–water partition coefficient (Wildman–Crippen LogP) is 5.08. The number of benzene rings is 3. The van der Waals surface area contributed by atoms with Crippen molar-refractivity contribution in [3.05, 3.63) is 119 Å². The molecule has 1 aliphatic heterocycles. The second kappa shape index (κ2) is 12.2. The number of rotatable bonds is 9. The number of esters is 2. The first-order valence-corrected chi connectivity index (χ1v) is 12.3. The maximum Gasteiger partial charge on any atom is 0.355 e. The van der Waals surface area contributed by atoms with Gasteiger partial charge in [0, 0.05) is 19.6 Å². The number of nitrogens with zero attached hydrogens (tertiary/aromatic N) is 2. The van der Waals surface area contributed by atoms with E-state index in [0.29, 0.717) is 18.7 Å². The summed E-state index contributed by atoms with van der Waals surface area (Å²) in [6.07, 6.45) is -0.302. The van der Waals surface area contributed by atoms with Crippen LogP contribution < -0.4 is 0 Å². The van der Waals surface area contributed by atoms with Crippen molar-refractivity contribution in [2.24, 2.45) is 0 Å². The van der Waals surface area contributed by atoms with Crippen LogP contribution in [0.25, 0.3) is 0 Å². The van der Waals surface area contributed by atoms with E-state index in [4.69, 9.17) is 9.47 Å². The minimum atomic E-state index is -0.517. The van der Waals surface area contributed by atoms with Gasteiger partial charge in [-0.15, -0.1) is 0 Å². The molecule has 0 saturated heterocycles. The molecule has 0 aliphatic carbocycles. The third-order valence-electron chi connectivity index (χ3n) is 6.09. The van der Waals surface area contributed by atoms with E-state index in [1.807, 2.05) is 71.6 Å². The molecule has 6 nitrogen and oxygen atoms in total. The van der Waals surface area contributed by atoms with Crippen molar-refractivity contribution in [1.82, 2.24) is 9.80 Å². The van der Waals surface area contributed by atoms with Crippen LogP contribution >= 0.6 is 0 Å². The normalized spacial score (nSPS) is 16.1. The maximum absolute atomic E-state index is 13.4. The van der Waals surface area contributed by atoms with Crippen LogP contribution in [0.3, 0.4) is 0 Å². The fraction of sp³-hybridized carbons (Fsp3) is 0.267. The average Bonchev–Trinajstić information content (AvgIpc) is 2.90. The highest BCUT2D eigenvalue weighted by atomic mass is 16.5. The van der Waals surface area contributed by atoms with Crippen LogP contribution in [0.1, 0.15) is 36.7 Å². The van der Waals surface area contributed by atoms with Crippen molar-refractivity contribution < 1.29 is 19.1 Å². The van der Waals surface area contributed by atoms with Gasteiger partial charge in [-0.2, -0.15) is 0 Å². The van der Waals surface area contributed by atoms with Gasteiger partial charge >= 0.3 is 11.9 Å². The molecule has 3 aromatic carbocycles. The second-order valence-electron chi connectivity index (χ2n) is 8.56. The molecule has 0 bridgehead atoms. The smallest absolute Gasteiger partial charge is 0.355 e. The lowest BCUT2D eigenvalue weighted by Crippen LogP contribution is -2.49. The van der Waals surface area contributed by atoms with Crippen LogP contribution in [0.2, 0.25) is 0 Å². The summed E-state index contributed by atoms with van der Waals surface area (Å²) in [7, 11) is 0. The molecule has 0 spiro atoms. The van der Waals surface area contributed by atoms with Crippen LogP contribution in [0.15, 0.2) is 102 Å². The largest absolute Gasteiger partial charge is 0.463 e. The Morgan fingerprint density at radius 2 is 1.22 bits per heavy atom. The molecule has 3 aromatic rings. The highest BCUT2D eigenvalue weighted by Gasteiger charge is 2.41. The van der Waals surface area contributed by atoms with Gasteiger partial charge in [0.25, 0.3) is 0 Å².